The first kappa shape index (κ1) is 14.7. The second-order valence-corrected chi connectivity index (χ2v) is 4.55. The van der Waals surface area contributed by atoms with Gasteiger partial charge in [0.2, 0.25) is 0 Å². The van der Waals surface area contributed by atoms with Crippen LogP contribution in [0.4, 0.5) is 5.69 Å². The second kappa shape index (κ2) is 6.64. The lowest BCUT2D eigenvalue weighted by Crippen LogP contribution is -2.15. The number of anilines is 1. The van der Waals surface area contributed by atoms with Crippen LogP contribution < -0.4 is 11.1 Å². The van der Waals surface area contributed by atoms with Gasteiger partial charge in [-0.2, -0.15) is 0 Å². The van der Waals surface area contributed by atoms with Gasteiger partial charge < -0.3 is 11.1 Å². The molecule has 0 unspecified atom stereocenters. The Balaban J connectivity index is 2.26. The molecule has 2 rings (SSSR count). The van der Waals surface area contributed by atoms with E-state index in [1.165, 1.54) is 6.20 Å². The molecule has 0 radical (unpaired) electrons. The molecule has 0 saturated carbocycles. The molecule has 1 aromatic heterocycles. The third-order valence-electron chi connectivity index (χ3n) is 2.76. The maximum Gasteiger partial charge on any atom is 0.275 e. The van der Waals surface area contributed by atoms with Crippen molar-refractivity contribution in [1.29, 1.82) is 0 Å². The topological polar surface area (TPSA) is 80.9 Å². The maximum atomic E-state index is 12.1. The molecule has 0 aliphatic heterocycles. The van der Waals surface area contributed by atoms with E-state index in [2.05, 4.69) is 27.1 Å². The van der Waals surface area contributed by atoms with Crippen molar-refractivity contribution in [3.05, 3.63) is 53.1 Å². The van der Waals surface area contributed by atoms with E-state index in [-0.39, 0.29) is 18.1 Å². The molecule has 0 fully saturated rings. The first-order valence-corrected chi connectivity index (χ1v) is 6.49. The summed E-state index contributed by atoms with van der Waals surface area (Å²) in [6.45, 7) is 4.05. The Kier molecular flexibility index (Phi) is 4.64. The predicted molar refractivity (Wildman–Crippen MR) is 81.8 cm³/mol. The first-order chi connectivity index (χ1) is 10.1. The molecule has 0 spiro atoms. The molecule has 0 aliphatic rings. The standard InChI is InChI=1S/C16H16N4O/c1-11-5-6-14(13(8-11)4-3-7-17)20-16(21)15-10-18-12(2)9-19-15/h5-6,8-10H,7,17H2,1-2H3,(H,20,21). The fourth-order valence-electron chi connectivity index (χ4n) is 1.71. The third kappa shape index (κ3) is 3.88. The number of nitrogens with two attached hydrogens (primary N) is 1. The summed E-state index contributed by atoms with van der Waals surface area (Å²) in [4.78, 5) is 20.3. The highest BCUT2D eigenvalue weighted by molar-refractivity contribution is 6.03. The Labute approximate surface area is 123 Å². The number of benzene rings is 1. The van der Waals surface area contributed by atoms with Crippen LogP contribution in [-0.2, 0) is 0 Å². The molecule has 2 aromatic rings. The van der Waals surface area contributed by atoms with E-state index in [9.17, 15) is 4.79 Å². The number of hydrogen-bond acceptors (Lipinski definition) is 4. The van der Waals surface area contributed by atoms with Gasteiger partial charge in [0.25, 0.3) is 5.91 Å². The van der Waals surface area contributed by atoms with Crippen LogP contribution in [0.1, 0.15) is 27.3 Å². The maximum absolute atomic E-state index is 12.1. The number of aryl methyl sites for hydroxylation is 2. The van der Waals surface area contributed by atoms with Gasteiger partial charge in [-0.15, -0.1) is 0 Å². The van der Waals surface area contributed by atoms with Crippen LogP contribution in [0.5, 0.6) is 0 Å². The molecule has 0 atom stereocenters. The molecule has 0 aliphatic carbocycles. The summed E-state index contributed by atoms with van der Waals surface area (Å²) < 4.78 is 0. The predicted octanol–water partition coefficient (Wildman–Crippen LogP) is 1.66. The van der Waals surface area contributed by atoms with Crippen molar-refractivity contribution in [1.82, 2.24) is 9.97 Å². The molecule has 5 nitrogen and oxygen atoms in total. The number of hydrogen-bond donors (Lipinski definition) is 2. The molecule has 1 aromatic carbocycles. The third-order valence-corrected chi connectivity index (χ3v) is 2.76. The quantitative estimate of drug-likeness (QED) is 0.820. The van der Waals surface area contributed by atoms with Crippen LogP contribution in [0.3, 0.4) is 0 Å². The highest BCUT2D eigenvalue weighted by Gasteiger charge is 2.10. The Morgan fingerprint density at radius 3 is 2.76 bits per heavy atom. The molecule has 1 amide bonds. The Morgan fingerprint density at radius 1 is 1.29 bits per heavy atom. The van der Waals surface area contributed by atoms with Crippen molar-refractivity contribution in [3.8, 4) is 11.8 Å². The second-order valence-electron chi connectivity index (χ2n) is 4.55. The Bertz CT molecular complexity index is 711. The summed E-state index contributed by atoms with van der Waals surface area (Å²) in [6.07, 6.45) is 3.00. The number of nitrogens with one attached hydrogen (secondary N) is 1. The lowest BCUT2D eigenvalue weighted by molar-refractivity contribution is 0.102. The molecule has 1 heterocycles. The van der Waals surface area contributed by atoms with Gasteiger partial charge in [-0.3, -0.25) is 9.78 Å². The molecular weight excluding hydrogens is 264 g/mol. The molecule has 3 N–H and O–H groups in total. The minimum absolute atomic E-state index is 0.263. The number of carbonyl (C=O) groups excluding carboxylic acids is 1. The van der Waals surface area contributed by atoms with Crippen molar-refractivity contribution in [2.75, 3.05) is 11.9 Å². The largest absolute Gasteiger partial charge is 0.320 e. The van der Waals surface area contributed by atoms with Gasteiger partial charge in [0.15, 0.2) is 0 Å². The average Bonchev–Trinajstić information content (AvgIpc) is 2.48. The Hall–Kier alpha value is -2.71. The van der Waals surface area contributed by atoms with Gasteiger partial charge in [-0.05, 0) is 31.5 Å². The van der Waals surface area contributed by atoms with E-state index in [0.717, 1.165) is 16.8 Å². The highest BCUT2D eigenvalue weighted by Crippen LogP contribution is 2.17. The molecule has 0 bridgehead atoms. The van der Waals surface area contributed by atoms with E-state index < -0.39 is 0 Å². The summed E-state index contributed by atoms with van der Waals surface area (Å²) in [5, 5.41) is 2.80. The van der Waals surface area contributed by atoms with Gasteiger partial charge >= 0.3 is 0 Å². The molecule has 5 heteroatoms. The van der Waals surface area contributed by atoms with E-state index >= 15 is 0 Å². The SMILES string of the molecule is Cc1ccc(NC(=O)c2cnc(C)cn2)c(C#CCN)c1. The van der Waals surface area contributed by atoms with Gasteiger partial charge in [0.05, 0.1) is 24.1 Å². The van der Waals surface area contributed by atoms with Crippen LogP contribution in [-0.4, -0.2) is 22.4 Å². The van der Waals surface area contributed by atoms with Crippen LogP contribution in [0.15, 0.2) is 30.6 Å². The van der Waals surface area contributed by atoms with Gasteiger partial charge in [-0.25, -0.2) is 4.98 Å². The molecule has 106 valence electrons. The number of carbonyl (C=O) groups is 1. The Morgan fingerprint density at radius 2 is 2.10 bits per heavy atom. The number of rotatable bonds is 2. The summed E-state index contributed by atoms with van der Waals surface area (Å²) in [5.41, 5.74) is 8.84. The lowest BCUT2D eigenvalue weighted by Gasteiger charge is -2.08. The van der Waals surface area contributed by atoms with Gasteiger partial charge in [-0.1, -0.05) is 17.9 Å². The summed E-state index contributed by atoms with van der Waals surface area (Å²) in [6, 6.07) is 5.62. The lowest BCUT2D eigenvalue weighted by atomic mass is 10.1. The van der Waals surface area contributed by atoms with Crippen LogP contribution in [0.2, 0.25) is 0 Å². The first-order valence-electron chi connectivity index (χ1n) is 6.49. The fourth-order valence-corrected chi connectivity index (χ4v) is 1.71. The number of nitrogens with zero attached hydrogens (tertiary/aromatic N) is 2. The van der Waals surface area contributed by atoms with E-state index in [4.69, 9.17) is 5.73 Å². The van der Waals surface area contributed by atoms with Crippen molar-refractivity contribution in [3.63, 3.8) is 0 Å². The molecule has 21 heavy (non-hydrogen) atoms. The van der Waals surface area contributed by atoms with Crippen molar-refractivity contribution in [2.45, 2.75) is 13.8 Å². The zero-order valence-corrected chi connectivity index (χ0v) is 12.0. The van der Waals surface area contributed by atoms with Gasteiger partial charge in [0, 0.05) is 11.8 Å². The smallest absolute Gasteiger partial charge is 0.275 e. The summed E-state index contributed by atoms with van der Waals surface area (Å²) in [5.74, 6) is 5.43. The van der Waals surface area contributed by atoms with E-state index in [1.54, 1.807) is 6.20 Å². The number of amides is 1. The molecule has 0 saturated heterocycles. The van der Waals surface area contributed by atoms with Crippen LogP contribution in [0, 0.1) is 25.7 Å². The normalized spacial score (nSPS) is 9.67. The summed E-state index contributed by atoms with van der Waals surface area (Å²) >= 11 is 0. The van der Waals surface area contributed by atoms with Crippen molar-refractivity contribution in [2.24, 2.45) is 5.73 Å². The minimum Gasteiger partial charge on any atom is -0.320 e. The number of aromatic nitrogens is 2. The monoisotopic (exact) mass is 280 g/mol. The van der Waals surface area contributed by atoms with Crippen molar-refractivity contribution >= 4 is 11.6 Å². The highest BCUT2D eigenvalue weighted by atomic mass is 16.1. The zero-order valence-electron chi connectivity index (χ0n) is 12.0. The molecular formula is C16H16N4O. The average molecular weight is 280 g/mol. The van der Waals surface area contributed by atoms with Crippen LogP contribution in [0.25, 0.3) is 0 Å². The zero-order chi connectivity index (χ0) is 15.2. The minimum atomic E-state index is -0.317. The van der Waals surface area contributed by atoms with E-state index in [1.807, 2.05) is 32.0 Å². The van der Waals surface area contributed by atoms with Gasteiger partial charge in [0.1, 0.15) is 5.69 Å². The fraction of sp³-hybridized carbons (Fsp3) is 0.188. The van der Waals surface area contributed by atoms with E-state index in [0.29, 0.717) is 5.69 Å². The van der Waals surface area contributed by atoms with Crippen molar-refractivity contribution < 1.29 is 4.79 Å². The van der Waals surface area contributed by atoms with Crippen LogP contribution >= 0.6 is 0 Å². The summed E-state index contributed by atoms with van der Waals surface area (Å²) in [7, 11) is 0.